The summed E-state index contributed by atoms with van der Waals surface area (Å²) in [6.07, 6.45) is -5.34. The number of alkyl halides is 3. The van der Waals surface area contributed by atoms with E-state index in [4.69, 9.17) is 4.74 Å². The molecule has 1 aromatic carbocycles. The lowest BCUT2D eigenvalue weighted by atomic mass is 10.2. The zero-order valence-corrected chi connectivity index (χ0v) is 16.0. The van der Waals surface area contributed by atoms with Crippen LogP contribution in [0.4, 0.5) is 24.5 Å². The molecule has 0 saturated carbocycles. The van der Waals surface area contributed by atoms with Crippen molar-refractivity contribution < 1.29 is 27.5 Å². The van der Waals surface area contributed by atoms with Crippen LogP contribution in [0.3, 0.4) is 0 Å². The van der Waals surface area contributed by atoms with Gasteiger partial charge in [0.25, 0.3) is 11.5 Å². The highest BCUT2D eigenvalue weighted by Crippen LogP contribution is 2.28. The Morgan fingerprint density at radius 3 is 2.31 bits per heavy atom. The fourth-order valence-corrected chi connectivity index (χ4v) is 2.34. The molecule has 0 bridgehead atoms. The van der Waals surface area contributed by atoms with E-state index in [1.165, 1.54) is 6.92 Å². The molecule has 0 aliphatic heterocycles. The fraction of sp³-hybridized carbons (Fsp3) is 0.316. The summed E-state index contributed by atoms with van der Waals surface area (Å²) >= 11 is 0. The Hall–Kier alpha value is -3.30. The van der Waals surface area contributed by atoms with Gasteiger partial charge in [0, 0.05) is 37.7 Å². The van der Waals surface area contributed by atoms with E-state index in [0.29, 0.717) is 28.6 Å². The molecule has 1 amide bonds. The molecule has 0 spiro atoms. The van der Waals surface area contributed by atoms with E-state index in [0.717, 1.165) is 5.69 Å². The third-order valence-electron chi connectivity index (χ3n) is 3.94. The summed E-state index contributed by atoms with van der Waals surface area (Å²) in [4.78, 5) is 37.7. The number of carbonyl (C=O) groups is 2. The first kappa shape index (κ1) is 22.0. The number of nitrogens with one attached hydrogen (secondary N) is 1. The molecule has 0 aliphatic carbocycles. The van der Waals surface area contributed by atoms with Gasteiger partial charge in [-0.15, -0.1) is 0 Å². The maximum atomic E-state index is 12.7. The second-order valence-electron chi connectivity index (χ2n) is 6.44. The van der Waals surface area contributed by atoms with Gasteiger partial charge >= 0.3 is 12.1 Å². The van der Waals surface area contributed by atoms with E-state index in [1.807, 2.05) is 19.0 Å². The van der Waals surface area contributed by atoms with E-state index in [9.17, 15) is 27.6 Å². The molecule has 1 N–H and O–H groups in total. The smallest absolute Gasteiger partial charge is 0.417 e. The third-order valence-corrected chi connectivity index (χ3v) is 3.94. The van der Waals surface area contributed by atoms with Crippen molar-refractivity contribution in [3.05, 3.63) is 58.5 Å². The number of amides is 1. The number of hydrogen-bond acceptors (Lipinski definition) is 5. The molecule has 0 radical (unpaired) electrons. The molecule has 0 aliphatic rings. The van der Waals surface area contributed by atoms with Crippen LogP contribution in [0.5, 0.6) is 0 Å². The molecule has 2 aromatic rings. The summed E-state index contributed by atoms with van der Waals surface area (Å²) in [5, 5.41) is 2.57. The van der Waals surface area contributed by atoms with Gasteiger partial charge in [-0.2, -0.15) is 13.2 Å². The molecule has 29 heavy (non-hydrogen) atoms. The van der Waals surface area contributed by atoms with Crippen molar-refractivity contribution in [1.82, 2.24) is 4.57 Å². The lowest BCUT2D eigenvalue weighted by molar-refractivity contribution is -0.154. The van der Waals surface area contributed by atoms with Crippen LogP contribution >= 0.6 is 0 Å². The molecule has 0 saturated heterocycles. The van der Waals surface area contributed by atoms with Crippen LogP contribution in [0.25, 0.3) is 0 Å². The molecule has 10 heteroatoms. The minimum atomic E-state index is -4.66. The summed E-state index contributed by atoms with van der Waals surface area (Å²) in [7, 11) is 3.73. The molecule has 0 fully saturated rings. The van der Waals surface area contributed by atoms with Crippen molar-refractivity contribution in [2.45, 2.75) is 25.7 Å². The molecule has 1 heterocycles. The number of aromatic nitrogens is 1. The summed E-state index contributed by atoms with van der Waals surface area (Å²) in [6, 6.07) is 8.25. The summed E-state index contributed by atoms with van der Waals surface area (Å²) in [5.74, 6) is -1.63. The van der Waals surface area contributed by atoms with Gasteiger partial charge in [-0.1, -0.05) is 0 Å². The SMILES string of the molecule is CC(OC(=O)Cn1cc(C(F)(F)F)ccc1=O)C(=O)Nc1ccc(N(C)C)cc1. The van der Waals surface area contributed by atoms with Crippen LogP contribution in [-0.2, 0) is 27.0 Å². The van der Waals surface area contributed by atoms with E-state index in [1.54, 1.807) is 24.3 Å². The number of nitrogens with zero attached hydrogens (tertiary/aromatic N) is 2. The summed E-state index contributed by atoms with van der Waals surface area (Å²) in [5.41, 5.74) is -0.462. The molecule has 1 unspecified atom stereocenters. The zero-order valence-electron chi connectivity index (χ0n) is 16.0. The average Bonchev–Trinajstić information content (AvgIpc) is 2.62. The van der Waals surface area contributed by atoms with Crippen molar-refractivity contribution in [3.63, 3.8) is 0 Å². The number of hydrogen-bond donors (Lipinski definition) is 1. The second-order valence-corrected chi connectivity index (χ2v) is 6.44. The fourth-order valence-electron chi connectivity index (χ4n) is 2.34. The van der Waals surface area contributed by atoms with Crippen LogP contribution in [0, 0.1) is 0 Å². The number of pyridine rings is 1. The third kappa shape index (κ3) is 6.09. The lowest BCUT2D eigenvalue weighted by Crippen LogP contribution is -2.33. The van der Waals surface area contributed by atoms with Gasteiger partial charge in [-0.25, -0.2) is 0 Å². The van der Waals surface area contributed by atoms with E-state index in [-0.39, 0.29) is 0 Å². The molecular formula is C19H20F3N3O4. The van der Waals surface area contributed by atoms with Gasteiger partial charge in [-0.3, -0.25) is 14.4 Å². The Morgan fingerprint density at radius 2 is 1.76 bits per heavy atom. The number of anilines is 2. The van der Waals surface area contributed by atoms with Gasteiger partial charge < -0.3 is 19.5 Å². The summed E-state index contributed by atoms with van der Waals surface area (Å²) < 4.78 is 43.7. The number of esters is 1. The molecule has 1 aromatic heterocycles. The molecule has 7 nitrogen and oxygen atoms in total. The quantitative estimate of drug-likeness (QED) is 0.739. The largest absolute Gasteiger partial charge is 0.451 e. The summed E-state index contributed by atoms with van der Waals surface area (Å²) in [6.45, 7) is 0.564. The minimum Gasteiger partial charge on any atom is -0.451 e. The van der Waals surface area contributed by atoms with Crippen molar-refractivity contribution in [1.29, 1.82) is 0 Å². The minimum absolute atomic E-state index is 0.484. The predicted molar refractivity (Wildman–Crippen MR) is 101 cm³/mol. The normalized spacial score (nSPS) is 12.2. The predicted octanol–water partition coefficient (Wildman–Crippen LogP) is 2.50. The molecular weight excluding hydrogens is 391 g/mol. The molecule has 2 rings (SSSR count). The van der Waals surface area contributed by atoms with Crippen molar-refractivity contribution in [3.8, 4) is 0 Å². The maximum absolute atomic E-state index is 12.7. The molecule has 1 atom stereocenters. The Morgan fingerprint density at radius 1 is 1.14 bits per heavy atom. The van der Waals surface area contributed by atoms with Crippen LogP contribution in [-0.4, -0.2) is 36.6 Å². The number of rotatable bonds is 6. The van der Waals surface area contributed by atoms with E-state index < -0.39 is 41.8 Å². The van der Waals surface area contributed by atoms with Crippen LogP contribution < -0.4 is 15.8 Å². The highest BCUT2D eigenvalue weighted by Gasteiger charge is 2.31. The van der Waals surface area contributed by atoms with Gasteiger partial charge in [0.2, 0.25) is 0 Å². The lowest BCUT2D eigenvalue weighted by Gasteiger charge is -2.16. The highest BCUT2D eigenvalue weighted by atomic mass is 19.4. The first-order valence-corrected chi connectivity index (χ1v) is 8.53. The monoisotopic (exact) mass is 411 g/mol. The van der Waals surface area contributed by atoms with Gasteiger partial charge in [0.05, 0.1) is 5.56 Å². The van der Waals surface area contributed by atoms with Crippen LogP contribution in [0.1, 0.15) is 12.5 Å². The first-order valence-electron chi connectivity index (χ1n) is 8.53. The van der Waals surface area contributed by atoms with Gasteiger partial charge in [0.15, 0.2) is 6.10 Å². The van der Waals surface area contributed by atoms with Crippen molar-refractivity contribution in [2.24, 2.45) is 0 Å². The number of benzene rings is 1. The van der Waals surface area contributed by atoms with Gasteiger partial charge in [0.1, 0.15) is 6.54 Å². The van der Waals surface area contributed by atoms with Crippen molar-refractivity contribution in [2.75, 3.05) is 24.3 Å². The number of carbonyl (C=O) groups excluding carboxylic acids is 2. The van der Waals surface area contributed by atoms with Gasteiger partial charge in [-0.05, 0) is 37.3 Å². The Labute approximate surface area is 164 Å². The Kier molecular flexibility index (Phi) is 6.68. The first-order chi connectivity index (χ1) is 13.5. The zero-order chi connectivity index (χ0) is 21.8. The average molecular weight is 411 g/mol. The van der Waals surface area contributed by atoms with Crippen LogP contribution in [0.15, 0.2) is 47.4 Å². The number of ether oxygens (including phenoxy) is 1. The number of halogens is 3. The van der Waals surface area contributed by atoms with Crippen LogP contribution in [0.2, 0.25) is 0 Å². The highest BCUT2D eigenvalue weighted by molar-refractivity contribution is 5.95. The van der Waals surface area contributed by atoms with E-state index >= 15 is 0 Å². The second kappa shape index (κ2) is 8.80. The van der Waals surface area contributed by atoms with Crippen molar-refractivity contribution >= 4 is 23.3 Å². The topological polar surface area (TPSA) is 80.6 Å². The van der Waals surface area contributed by atoms with E-state index in [2.05, 4.69) is 5.32 Å². The maximum Gasteiger partial charge on any atom is 0.417 e. The molecule has 156 valence electrons. The Bertz CT molecular complexity index is 937. The standard InChI is InChI=1S/C19H20F3N3O4/c1-12(18(28)23-14-5-7-15(8-6-14)24(2)3)29-17(27)11-25-10-13(19(20,21)22)4-9-16(25)26/h4-10,12H,11H2,1-3H3,(H,23,28). The Balaban J connectivity index is 1.98.